The maximum Gasteiger partial charge on any atom is 0.322 e. The average molecular weight is 375 g/mol. The lowest BCUT2D eigenvalue weighted by Crippen LogP contribution is -2.34. The molecule has 1 aliphatic heterocycles. The van der Waals surface area contributed by atoms with Gasteiger partial charge in [-0.05, 0) is 37.0 Å². The zero-order valence-corrected chi connectivity index (χ0v) is 16.0. The van der Waals surface area contributed by atoms with Crippen LogP contribution in [-0.2, 0) is 0 Å². The second kappa shape index (κ2) is 7.87. The van der Waals surface area contributed by atoms with Gasteiger partial charge in [0.25, 0.3) is 0 Å². The summed E-state index contributed by atoms with van der Waals surface area (Å²) in [6.07, 6.45) is 1.94. The minimum Gasteiger partial charge on any atom is -0.495 e. The maximum atomic E-state index is 12.9. The van der Waals surface area contributed by atoms with Crippen LogP contribution in [0.5, 0.6) is 11.5 Å². The van der Waals surface area contributed by atoms with E-state index in [1.807, 2.05) is 17.0 Å². The van der Waals surface area contributed by atoms with Crippen LogP contribution in [0.25, 0.3) is 0 Å². The Bertz CT molecular complexity index is 810. The highest BCUT2D eigenvalue weighted by Gasteiger charge is 2.31. The molecule has 5 nitrogen and oxygen atoms in total. The smallest absolute Gasteiger partial charge is 0.322 e. The number of benzene rings is 2. The van der Waals surface area contributed by atoms with Crippen LogP contribution in [0, 0.1) is 6.92 Å². The highest BCUT2D eigenvalue weighted by molar-refractivity contribution is 6.32. The molecule has 2 aromatic carbocycles. The van der Waals surface area contributed by atoms with Gasteiger partial charge in [0.2, 0.25) is 0 Å². The van der Waals surface area contributed by atoms with E-state index in [-0.39, 0.29) is 12.1 Å². The molecule has 1 atom stereocenters. The predicted molar refractivity (Wildman–Crippen MR) is 103 cm³/mol. The fraction of sp³-hybridized carbons (Fsp3) is 0.350. The van der Waals surface area contributed by atoms with Crippen molar-refractivity contribution in [3.05, 3.63) is 52.5 Å². The van der Waals surface area contributed by atoms with Gasteiger partial charge >= 0.3 is 6.03 Å². The number of anilines is 1. The normalized spacial score (nSPS) is 16.5. The van der Waals surface area contributed by atoms with Gasteiger partial charge in [0.15, 0.2) is 0 Å². The summed E-state index contributed by atoms with van der Waals surface area (Å²) >= 11 is 6.20. The molecule has 0 unspecified atom stereocenters. The fourth-order valence-corrected chi connectivity index (χ4v) is 3.68. The molecule has 0 saturated carbocycles. The van der Waals surface area contributed by atoms with Gasteiger partial charge in [-0.2, -0.15) is 0 Å². The number of carbonyl (C=O) groups is 1. The van der Waals surface area contributed by atoms with Gasteiger partial charge in [-0.1, -0.05) is 35.9 Å². The van der Waals surface area contributed by atoms with Crippen molar-refractivity contribution in [1.82, 2.24) is 4.90 Å². The number of nitrogens with zero attached hydrogens (tertiary/aromatic N) is 1. The topological polar surface area (TPSA) is 50.8 Å². The summed E-state index contributed by atoms with van der Waals surface area (Å²) in [5.41, 5.74) is 2.92. The molecular formula is C20H23ClN2O3. The first-order chi connectivity index (χ1) is 12.5. The largest absolute Gasteiger partial charge is 0.495 e. The van der Waals surface area contributed by atoms with Gasteiger partial charge in [-0.25, -0.2) is 4.79 Å². The van der Waals surface area contributed by atoms with Crippen LogP contribution in [0.15, 0.2) is 36.4 Å². The third kappa shape index (κ3) is 3.58. The Morgan fingerprint density at radius 3 is 2.62 bits per heavy atom. The molecule has 2 aromatic rings. The first-order valence-corrected chi connectivity index (χ1v) is 8.97. The number of likely N-dealkylation sites (tertiary alicyclic amines) is 1. The number of carbonyl (C=O) groups excluding carboxylic acids is 1. The van der Waals surface area contributed by atoms with Gasteiger partial charge in [0, 0.05) is 12.6 Å². The quantitative estimate of drug-likeness (QED) is 0.816. The van der Waals surface area contributed by atoms with Crippen molar-refractivity contribution >= 4 is 23.3 Å². The number of ether oxygens (including phenoxy) is 2. The van der Waals surface area contributed by atoms with E-state index in [4.69, 9.17) is 21.1 Å². The molecular weight excluding hydrogens is 352 g/mol. The number of hydrogen-bond acceptors (Lipinski definition) is 3. The van der Waals surface area contributed by atoms with Crippen molar-refractivity contribution in [2.45, 2.75) is 25.8 Å². The Labute approximate surface area is 158 Å². The molecule has 26 heavy (non-hydrogen) atoms. The summed E-state index contributed by atoms with van der Waals surface area (Å²) in [5, 5.41) is 3.35. The molecule has 1 N–H and O–H groups in total. The lowest BCUT2D eigenvalue weighted by Gasteiger charge is -2.27. The standard InChI is InChI=1S/C20H23ClN2O3/c1-13-7-4-5-8-14(13)17-9-6-10-23(17)20(24)22-16-11-15(21)18(25-2)12-19(16)26-3/h4-5,7-8,11-12,17H,6,9-10H2,1-3H3,(H,22,24)/t17-/m0/s1. The Morgan fingerprint density at radius 2 is 1.92 bits per heavy atom. The Morgan fingerprint density at radius 1 is 1.19 bits per heavy atom. The molecule has 1 aliphatic rings. The molecule has 0 bridgehead atoms. The summed E-state index contributed by atoms with van der Waals surface area (Å²) in [4.78, 5) is 14.8. The van der Waals surface area contributed by atoms with Crippen molar-refractivity contribution in [3.63, 3.8) is 0 Å². The number of halogens is 1. The Kier molecular flexibility index (Phi) is 5.57. The maximum absolute atomic E-state index is 12.9. The zero-order valence-electron chi connectivity index (χ0n) is 15.2. The van der Waals surface area contributed by atoms with E-state index in [2.05, 4.69) is 24.4 Å². The minimum absolute atomic E-state index is 0.0796. The van der Waals surface area contributed by atoms with Gasteiger partial charge in [0.1, 0.15) is 11.5 Å². The van der Waals surface area contributed by atoms with Crippen LogP contribution in [0.4, 0.5) is 10.5 Å². The third-order valence-electron chi connectivity index (χ3n) is 4.78. The van der Waals surface area contributed by atoms with E-state index in [0.29, 0.717) is 22.2 Å². The number of amides is 2. The third-order valence-corrected chi connectivity index (χ3v) is 5.07. The number of nitrogens with one attached hydrogen (secondary N) is 1. The van der Waals surface area contributed by atoms with Gasteiger partial charge in [-0.3, -0.25) is 0 Å². The van der Waals surface area contributed by atoms with Crippen LogP contribution in [-0.4, -0.2) is 31.7 Å². The van der Waals surface area contributed by atoms with E-state index in [9.17, 15) is 4.79 Å². The Balaban J connectivity index is 1.84. The lowest BCUT2D eigenvalue weighted by atomic mass is 9.99. The lowest BCUT2D eigenvalue weighted by molar-refractivity contribution is 0.207. The summed E-state index contributed by atoms with van der Waals surface area (Å²) in [5.74, 6) is 1.01. The van der Waals surface area contributed by atoms with Gasteiger partial charge < -0.3 is 19.7 Å². The number of hydrogen-bond donors (Lipinski definition) is 1. The van der Waals surface area contributed by atoms with Crippen LogP contribution in [0.1, 0.15) is 30.0 Å². The number of aryl methyl sites for hydroxylation is 1. The molecule has 1 fully saturated rings. The van der Waals surface area contributed by atoms with Crippen molar-refractivity contribution in [3.8, 4) is 11.5 Å². The highest BCUT2D eigenvalue weighted by Crippen LogP contribution is 2.38. The van der Waals surface area contributed by atoms with Crippen molar-refractivity contribution in [1.29, 1.82) is 0 Å². The van der Waals surface area contributed by atoms with E-state index in [0.717, 1.165) is 19.4 Å². The average Bonchev–Trinajstić information content (AvgIpc) is 3.12. The SMILES string of the molecule is COc1cc(OC)c(NC(=O)N2CCC[C@H]2c2ccccc2C)cc1Cl. The van der Waals surface area contributed by atoms with Crippen LogP contribution < -0.4 is 14.8 Å². The number of methoxy groups -OCH3 is 2. The Hall–Kier alpha value is -2.40. The van der Waals surface area contributed by atoms with Crippen LogP contribution >= 0.6 is 11.6 Å². The minimum atomic E-state index is -0.157. The molecule has 0 aliphatic carbocycles. The highest BCUT2D eigenvalue weighted by atomic mass is 35.5. The van der Waals surface area contributed by atoms with Gasteiger partial charge in [0.05, 0.1) is 31.0 Å². The van der Waals surface area contributed by atoms with Crippen LogP contribution in [0.2, 0.25) is 5.02 Å². The molecule has 0 radical (unpaired) electrons. The zero-order chi connectivity index (χ0) is 18.7. The molecule has 6 heteroatoms. The van der Waals surface area contributed by atoms with Crippen molar-refractivity contribution < 1.29 is 14.3 Å². The fourth-order valence-electron chi connectivity index (χ4n) is 3.44. The monoisotopic (exact) mass is 374 g/mol. The second-order valence-electron chi connectivity index (χ2n) is 6.33. The first-order valence-electron chi connectivity index (χ1n) is 8.59. The molecule has 138 valence electrons. The van der Waals surface area contributed by atoms with Crippen molar-refractivity contribution in [2.75, 3.05) is 26.1 Å². The van der Waals surface area contributed by atoms with E-state index in [1.165, 1.54) is 18.2 Å². The van der Waals surface area contributed by atoms with Crippen LogP contribution in [0.3, 0.4) is 0 Å². The van der Waals surface area contributed by atoms with E-state index < -0.39 is 0 Å². The summed E-state index contributed by atoms with van der Waals surface area (Å²) in [7, 11) is 3.08. The molecule has 0 aromatic heterocycles. The van der Waals surface area contributed by atoms with E-state index >= 15 is 0 Å². The van der Waals surface area contributed by atoms with E-state index in [1.54, 1.807) is 19.2 Å². The second-order valence-corrected chi connectivity index (χ2v) is 6.73. The first kappa shape index (κ1) is 18.4. The van der Waals surface area contributed by atoms with Gasteiger partial charge in [-0.15, -0.1) is 0 Å². The summed E-state index contributed by atoms with van der Waals surface area (Å²) in [6.45, 7) is 2.80. The predicted octanol–water partition coefficient (Wildman–Crippen LogP) is 5.03. The number of rotatable bonds is 4. The molecule has 2 amide bonds. The number of urea groups is 1. The molecule has 3 rings (SSSR count). The summed E-state index contributed by atoms with van der Waals surface area (Å²) < 4.78 is 10.6. The molecule has 1 saturated heterocycles. The summed E-state index contributed by atoms with van der Waals surface area (Å²) in [6, 6.07) is 11.4. The molecule has 0 spiro atoms. The van der Waals surface area contributed by atoms with Crippen molar-refractivity contribution in [2.24, 2.45) is 0 Å². The molecule has 1 heterocycles.